The average molecular weight is 807 g/mol. The van der Waals surface area contributed by atoms with Gasteiger partial charge in [-0.2, -0.15) is 0 Å². The second-order valence-corrected chi connectivity index (χ2v) is 18.4. The van der Waals surface area contributed by atoms with E-state index >= 15 is 0 Å². The first-order valence-electron chi connectivity index (χ1n) is 25.2. The molecule has 0 bridgehead atoms. The minimum Gasteiger partial charge on any atom is -0.462 e. The predicted octanol–water partition coefficient (Wildman–Crippen LogP) is 16.1. The average Bonchev–Trinajstić information content (AvgIpc) is 3.18. The Labute approximate surface area is 355 Å². The molecule has 0 saturated carbocycles. The summed E-state index contributed by atoms with van der Waals surface area (Å²) < 4.78 is 16.8. The molecule has 0 radical (unpaired) electrons. The van der Waals surface area contributed by atoms with Crippen molar-refractivity contribution in [2.45, 2.75) is 285 Å². The highest BCUT2D eigenvalue weighted by Gasteiger charge is 2.19. The Balaban J connectivity index is 4.32. The molecule has 6 heteroatoms. The normalized spacial score (nSPS) is 12.1. The number of hydrogen-bond donors (Lipinski definition) is 0. The molecule has 1 atom stereocenters. The van der Waals surface area contributed by atoms with Crippen LogP contribution in [-0.2, 0) is 28.6 Å². The molecule has 0 N–H and O–H groups in total. The molecule has 0 heterocycles. The summed E-state index contributed by atoms with van der Waals surface area (Å²) in [5.74, 6) is 0.777. The molecule has 0 aliphatic rings. The van der Waals surface area contributed by atoms with Crippen LogP contribution in [0.25, 0.3) is 0 Å². The monoisotopic (exact) mass is 807 g/mol. The molecule has 0 amide bonds. The van der Waals surface area contributed by atoms with Crippen LogP contribution in [0.2, 0.25) is 0 Å². The SMILES string of the molecule is CCCCCCCCCCCCCCCC(=O)OC[C@@H](COC(=O)CCCCCCCCCCC(C)C)OC(=O)CCCCCCCCCCCCCCC(C)C. The third-order valence-corrected chi connectivity index (χ3v) is 11.5. The van der Waals surface area contributed by atoms with E-state index in [4.69, 9.17) is 14.2 Å². The molecule has 6 nitrogen and oxygen atoms in total. The summed E-state index contributed by atoms with van der Waals surface area (Å²) in [6.45, 7) is 11.3. The second-order valence-electron chi connectivity index (χ2n) is 18.4. The Morgan fingerprint density at radius 1 is 0.333 bits per heavy atom. The number of rotatable bonds is 45. The topological polar surface area (TPSA) is 78.9 Å². The minimum atomic E-state index is -0.761. The van der Waals surface area contributed by atoms with Gasteiger partial charge in [-0.05, 0) is 31.1 Å². The van der Waals surface area contributed by atoms with Crippen LogP contribution in [-0.4, -0.2) is 37.2 Å². The van der Waals surface area contributed by atoms with Gasteiger partial charge >= 0.3 is 17.9 Å². The molecule has 0 rings (SSSR count). The van der Waals surface area contributed by atoms with Gasteiger partial charge in [-0.3, -0.25) is 14.4 Å². The van der Waals surface area contributed by atoms with Crippen LogP contribution < -0.4 is 0 Å². The van der Waals surface area contributed by atoms with Gasteiger partial charge in [0.15, 0.2) is 6.10 Å². The van der Waals surface area contributed by atoms with Crippen LogP contribution in [0, 0.1) is 11.8 Å². The van der Waals surface area contributed by atoms with Gasteiger partial charge in [-0.15, -0.1) is 0 Å². The summed E-state index contributed by atoms with van der Waals surface area (Å²) in [4.78, 5) is 37.9. The second kappa shape index (κ2) is 44.0. The third kappa shape index (κ3) is 45.3. The van der Waals surface area contributed by atoms with Crippen molar-refractivity contribution in [1.29, 1.82) is 0 Å². The lowest BCUT2D eigenvalue weighted by atomic mass is 10.0. The van der Waals surface area contributed by atoms with E-state index in [9.17, 15) is 14.4 Å². The van der Waals surface area contributed by atoms with Crippen molar-refractivity contribution in [2.24, 2.45) is 11.8 Å². The van der Waals surface area contributed by atoms with Gasteiger partial charge in [0, 0.05) is 19.3 Å². The highest BCUT2D eigenvalue weighted by Crippen LogP contribution is 2.17. The van der Waals surface area contributed by atoms with Crippen LogP contribution in [0.5, 0.6) is 0 Å². The summed E-state index contributed by atoms with van der Waals surface area (Å²) in [6.07, 6.45) is 43.7. The molecule has 0 aromatic carbocycles. The summed E-state index contributed by atoms with van der Waals surface area (Å²) in [5.41, 5.74) is 0. The van der Waals surface area contributed by atoms with Crippen molar-refractivity contribution in [3.63, 3.8) is 0 Å². The molecular formula is C51H98O6. The maximum atomic E-state index is 12.8. The van der Waals surface area contributed by atoms with Gasteiger partial charge in [0.25, 0.3) is 0 Å². The number of unbranched alkanes of at least 4 members (excludes halogenated alkanes) is 30. The fourth-order valence-electron chi connectivity index (χ4n) is 7.64. The van der Waals surface area contributed by atoms with E-state index in [1.54, 1.807) is 0 Å². The third-order valence-electron chi connectivity index (χ3n) is 11.5. The van der Waals surface area contributed by atoms with Gasteiger partial charge in [0.2, 0.25) is 0 Å². The molecule has 0 unspecified atom stereocenters. The Bertz CT molecular complexity index is 870. The summed E-state index contributed by atoms with van der Waals surface area (Å²) in [6, 6.07) is 0. The summed E-state index contributed by atoms with van der Waals surface area (Å²) in [7, 11) is 0. The molecule has 0 saturated heterocycles. The zero-order valence-electron chi connectivity index (χ0n) is 39.0. The van der Waals surface area contributed by atoms with Crippen molar-refractivity contribution in [3.8, 4) is 0 Å². The maximum absolute atomic E-state index is 12.8. The smallest absolute Gasteiger partial charge is 0.306 e. The molecule has 0 fully saturated rings. The van der Waals surface area contributed by atoms with Gasteiger partial charge in [-0.1, -0.05) is 240 Å². The molecular weight excluding hydrogens is 709 g/mol. The number of esters is 3. The van der Waals surface area contributed by atoms with Gasteiger partial charge < -0.3 is 14.2 Å². The van der Waals surface area contributed by atoms with Gasteiger partial charge in [0.1, 0.15) is 13.2 Å². The lowest BCUT2D eigenvalue weighted by Crippen LogP contribution is -2.30. The zero-order valence-corrected chi connectivity index (χ0v) is 39.0. The van der Waals surface area contributed by atoms with Gasteiger partial charge in [0.05, 0.1) is 0 Å². The van der Waals surface area contributed by atoms with E-state index < -0.39 is 6.10 Å². The van der Waals surface area contributed by atoms with E-state index in [1.807, 2.05) is 0 Å². The number of ether oxygens (including phenoxy) is 3. The van der Waals surface area contributed by atoms with Crippen molar-refractivity contribution >= 4 is 17.9 Å². The Kier molecular flexibility index (Phi) is 42.7. The standard InChI is InChI=1S/C51H98O6/c1-6-7-8-9-10-11-12-13-17-20-26-31-36-41-49(52)55-44-48(45-56-50(53)42-37-32-27-23-22-25-30-35-40-47(4)5)57-51(54)43-38-33-28-21-18-15-14-16-19-24-29-34-39-46(2)3/h46-48H,6-45H2,1-5H3/t48-/m0/s1. The van der Waals surface area contributed by atoms with E-state index in [1.165, 1.54) is 167 Å². The summed E-state index contributed by atoms with van der Waals surface area (Å²) in [5, 5.41) is 0. The Morgan fingerprint density at radius 2 is 0.579 bits per heavy atom. The van der Waals surface area contributed by atoms with Gasteiger partial charge in [-0.25, -0.2) is 0 Å². The largest absolute Gasteiger partial charge is 0.462 e. The number of carbonyl (C=O) groups is 3. The Morgan fingerprint density at radius 3 is 0.860 bits per heavy atom. The van der Waals surface area contributed by atoms with Crippen LogP contribution in [0.3, 0.4) is 0 Å². The molecule has 338 valence electrons. The molecule has 0 spiro atoms. The van der Waals surface area contributed by atoms with Crippen molar-refractivity contribution < 1.29 is 28.6 Å². The quantitative estimate of drug-likeness (QED) is 0.0346. The number of carbonyl (C=O) groups excluding carboxylic acids is 3. The first-order valence-corrected chi connectivity index (χ1v) is 25.2. The van der Waals surface area contributed by atoms with E-state index in [2.05, 4.69) is 34.6 Å². The fourth-order valence-corrected chi connectivity index (χ4v) is 7.64. The van der Waals surface area contributed by atoms with Crippen molar-refractivity contribution in [3.05, 3.63) is 0 Å². The Hall–Kier alpha value is -1.59. The van der Waals surface area contributed by atoms with Crippen LogP contribution in [0.4, 0.5) is 0 Å². The van der Waals surface area contributed by atoms with Crippen LogP contribution in [0.1, 0.15) is 279 Å². The molecule has 0 aliphatic carbocycles. The first kappa shape index (κ1) is 55.4. The highest BCUT2D eigenvalue weighted by molar-refractivity contribution is 5.71. The highest BCUT2D eigenvalue weighted by atomic mass is 16.6. The van der Waals surface area contributed by atoms with E-state index in [0.29, 0.717) is 19.3 Å². The molecule has 0 aliphatic heterocycles. The fraction of sp³-hybridized carbons (Fsp3) is 0.941. The van der Waals surface area contributed by atoms with Crippen LogP contribution in [0.15, 0.2) is 0 Å². The lowest BCUT2D eigenvalue weighted by molar-refractivity contribution is -0.167. The predicted molar refractivity (Wildman–Crippen MR) is 243 cm³/mol. The summed E-state index contributed by atoms with van der Waals surface area (Å²) >= 11 is 0. The van der Waals surface area contributed by atoms with E-state index in [0.717, 1.165) is 69.6 Å². The van der Waals surface area contributed by atoms with E-state index in [-0.39, 0.29) is 31.1 Å². The molecule has 57 heavy (non-hydrogen) atoms. The van der Waals surface area contributed by atoms with Crippen molar-refractivity contribution in [1.82, 2.24) is 0 Å². The minimum absolute atomic E-state index is 0.0641. The molecule has 0 aromatic rings. The van der Waals surface area contributed by atoms with Crippen molar-refractivity contribution in [2.75, 3.05) is 13.2 Å². The first-order chi connectivity index (χ1) is 27.7. The zero-order chi connectivity index (χ0) is 41.9. The maximum Gasteiger partial charge on any atom is 0.306 e. The van der Waals surface area contributed by atoms with Crippen LogP contribution >= 0.6 is 0 Å². The number of hydrogen-bond acceptors (Lipinski definition) is 6. The lowest BCUT2D eigenvalue weighted by Gasteiger charge is -2.18. The molecule has 0 aromatic heterocycles.